The van der Waals surface area contributed by atoms with Crippen molar-refractivity contribution in [2.45, 2.75) is 4.90 Å². The van der Waals surface area contributed by atoms with Crippen LogP contribution in [0.4, 0.5) is 5.69 Å². The summed E-state index contributed by atoms with van der Waals surface area (Å²) in [6.45, 7) is 0. The second-order valence-corrected chi connectivity index (χ2v) is 6.25. The van der Waals surface area contributed by atoms with Gasteiger partial charge in [-0.3, -0.25) is 9.59 Å². The van der Waals surface area contributed by atoms with Crippen LogP contribution in [0.2, 0.25) is 0 Å². The van der Waals surface area contributed by atoms with Gasteiger partial charge in [0.15, 0.2) is 0 Å². The van der Waals surface area contributed by atoms with Crippen molar-refractivity contribution in [2.75, 3.05) is 11.1 Å². The summed E-state index contributed by atoms with van der Waals surface area (Å²) in [5.74, 6) is -0.407. The van der Waals surface area contributed by atoms with E-state index in [-0.39, 0.29) is 11.7 Å². The van der Waals surface area contributed by atoms with Crippen LogP contribution in [0.1, 0.15) is 10.4 Å². The van der Waals surface area contributed by atoms with Gasteiger partial charge in [0.05, 0.1) is 11.4 Å². The first-order valence-electron chi connectivity index (χ1n) is 7.44. The SMILES string of the molecule is NC(=O)CSc1ccccc1NC(=O)c1cccc2ccccc12. The molecule has 0 aliphatic heterocycles. The molecule has 0 aromatic heterocycles. The minimum absolute atomic E-state index is 0.168. The molecular weight excluding hydrogens is 320 g/mol. The highest BCUT2D eigenvalue weighted by atomic mass is 32.2. The normalized spacial score (nSPS) is 10.5. The Morgan fingerprint density at radius 1 is 0.917 bits per heavy atom. The van der Waals surface area contributed by atoms with Crippen molar-refractivity contribution < 1.29 is 9.59 Å². The lowest BCUT2D eigenvalue weighted by Gasteiger charge is -2.11. The summed E-state index contributed by atoms with van der Waals surface area (Å²) in [5, 5.41) is 4.85. The van der Waals surface area contributed by atoms with Gasteiger partial charge < -0.3 is 11.1 Å². The average molecular weight is 336 g/mol. The number of hydrogen-bond acceptors (Lipinski definition) is 3. The molecule has 3 rings (SSSR count). The Labute approximate surface area is 144 Å². The molecule has 4 nitrogen and oxygen atoms in total. The second kappa shape index (κ2) is 7.19. The number of amides is 2. The van der Waals surface area contributed by atoms with Gasteiger partial charge in [-0.15, -0.1) is 11.8 Å². The van der Waals surface area contributed by atoms with E-state index in [4.69, 9.17) is 5.73 Å². The van der Waals surface area contributed by atoms with Crippen molar-refractivity contribution in [3.63, 3.8) is 0 Å². The number of fused-ring (bicyclic) bond motifs is 1. The minimum Gasteiger partial charge on any atom is -0.369 e. The molecular formula is C19H16N2O2S. The summed E-state index contributed by atoms with van der Waals surface area (Å²) in [6, 6.07) is 20.8. The smallest absolute Gasteiger partial charge is 0.256 e. The fraction of sp³-hybridized carbons (Fsp3) is 0.0526. The van der Waals surface area contributed by atoms with Gasteiger partial charge in [0.2, 0.25) is 5.91 Å². The maximum atomic E-state index is 12.7. The zero-order chi connectivity index (χ0) is 16.9. The largest absolute Gasteiger partial charge is 0.369 e. The maximum Gasteiger partial charge on any atom is 0.256 e. The van der Waals surface area contributed by atoms with Crippen LogP contribution in [0, 0.1) is 0 Å². The molecule has 5 heteroatoms. The zero-order valence-corrected chi connectivity index (χ0v) is 13.7. The highest BCUT2D eigenvalue weighted by Gasteiger charge is 2.12. The number of nitrogens with two attached hydrogens (primary N) is 1. The fourth-order valence-corrected chi connectivity index (χ4v) is 3.20. The Morgan fingerprint density at radius 3 is 2.46 bits per heavy atom. The number of hydrogen-bond donors (Lipinski definition) is 2. The molecule has 0 spiro atoms. The summed E-state index contributed by atoms with van der Waals surface area (Å²) in [6.07, 6.45) is 0. The summed E-state index contributed by atoms with van der Waals surface area (Å²) < 4.78 is 0. The van der Waals surface area contributed by atoms with Crippen molar-refractivity contribution in [3.05, 3.63) is 72.3 Å². The van der Waals surface area contributed by atoms with E-state index in [1.54, 1.807) is 6.07 Å². The first kappa shape index (κ1) is 16.1. The Balaban J connectivity index is 1.88. The van der Waals surface area contributed by atoms with E-state index < -0.39 is 5.91 Å². The fourth-order valence-electron chi connectivity index (χ4n) is 2.46. The van der Waals surface area contributed by atoms with Crippen LogP contribution in [0.15, 0.2) is 71.6 Å². The molecule has 120 valence electrons. The van der Waals surface area contributed by atoms with E-state index in [0.29, 0.717) is 11.3 Å². The predicted molar refractivity (Wildman–Crippen MR) is 98.3 cm³/mol. The van der Waals surface area contributed by atoms with Crippen LogP contribution in [0.3, 0.4) is 0 Å². The zero-order valence-electron chi connectivity index (χ0n) is 12.9. The minimum atomic E-state index is -0.393. The molecule has 3 aromatic carbocycles. The summed E-state index contributed by atoms with van der Waals surface area (Å²) in [7, 11) is 0. The third-order valence-electron chi connectivity index (χ3n) is 3.54. The highest BCUT2D eigenvalue weighted by molar-refractivity contribution is 8.00. The van der Waals surface area contributed by atoms with Crippen LogP contribution < -0.4 is 11.1 Å². The van der Waals surface area contributed by atoms with Crippen LogP contribution >= 0.6 is 11.8 Å². The number of anilines is 1. The third kappa shape index (κ3) is 3.58. The summed E-state index contributed by atoms with van der Waals surface area (Å²) in [5.41, 5.74) is 6.48. The van der Waals surface area contributed by atoms with Gasteiger partial charge in [-0.2, -0.15) is 0 Å². The number of benzene rings is 3. The number of para-hydroxylation sites is 1. The molecule has 0 saturated heterocycles. The molecule has 0 heterocycles. The van der Waals surface area contributed by atoms with Gasteiger partial charge in [-0.25, -0.2) is 0 Å². The molecule has 2 amide bonds. The number of nitrogens with one attached hydrogen (secondary N) is 1. The van der Waals surface area contributed by atoms with Crippen molar-refractivity contribution in [3.8, 4) is 0 Å². The molecule has 0 fully saturated rings. The van der Waals surface area contributed by atoms with E-state index in [1.165, 1.54) is 11.8 Å². The molecule has 3 aromatic rings. The first-order valence-corrected chi connectivity index (χ1v) is 8.43. The van der Waals surface area contributed by atoms with E-state index in [2.05, 4.69) is 5.32 Å². The number of thioether (sulfide) groups is 1. The molecule has 0 unspecified atom stereocenters. The van der Waals surface area contributed by atoms with Gasteiger partial charge in [0.25, 0.3) is 5.91 Å². The molecule has 3 N–H and O–H groups in total. The van der Waals surface area contributed by atoms with E-state index >= 15 is 0 Å². The summed E-state index contributed by atoms with van der Waals surface area (Å²) >= 11 is 1.31. The van der Waals surface area contributed by atoms with Crippen LogP contribution in [0.25, 0.3) is 10.8 Å². The van der Waals surface area contributed by atoms with Crippen molar-refractivity contribution in [1.29, 1.82) is 0 Å². The standard InChI is InChI=1S/C19H16N2O2S/c20-18(22)12-24-17-11-4-3-10-16(17)21-19(23)15-9-5-7-13-6-1-2-8-14(13)15/h1-11H,12H2,(H2,20,22)(H,21,23). The second-order valence-electron chi connectivity index (χ2n) is 5.23. The van der Waals surface area contributed by atoms with Crippen molar-refractivity contribution >= 4 is 40.0 Å². The lowest BCUT2D eigenvalue weighted by molar-refractivity contribution is -0.115. The van der Waals surface area contributed by atoms with Gasteiger partial charge in [0, 0.05) is 10.5 Å². The Bertz CT molecular complexity index is 903. The van der Waals surface area contributed by atoms with Gasteiger partial charge in [0.1, 0.15) is 0 Å². The van der Waals surface area contributed by atoms with Gasteiger partial charge in [-0.05, 0) is 29.0 Å². The molecule has 0 bridgehead atoms. The van der Waals surface area contributed by atoms with Crippen molar-refractivity contribution in [1.82, 2.24) is 0 Å². The van der Waals surface area contributed by atoms with Crippen LogP contribution in [-0.2, 0) is 4.79 Å². The molecule has 0 saturated carbocycles. The third-order valence-corrected chi connectivity index (χ3v) is 4.64. The quantitative estimate of drug-likeness (QED) is 0.698. The average Bonchev–Trinajstić information content (AvgIpc) is 2.60. The number of carbonyl (C=O) groups excluding carboxylic acids is 2. The Kier molecular flexibility index (Phi) is 4.82. The van der Waals surface area contributed by atoms with Crippen LogP contribution in [-0.4, -0.2) is 17.6 Å². The van der Waals surface area contributed by atoms with E-state index in [1.807, 2.05) is 60.7 Å². The molecule has 0 aliphatic rings. The molecule has 0 aliphatic carbocycles. The molecule has 0 atom stereocenters. The number of rotatable bonds is 5. The number of primary amides is 1. The monoisotopic (exact) mass is 336 g/mol. The topological polar surface area (TPSA) is 72.2 Å². The lowest BCUT2D eigenvalue weighted by Crippen LogP contribution is -2.15. The Morgan fingerprint density at radius 2 is 1.62 bits per heavy atom. The van der Waals surface area contributed by atoms with E-state index in [9.17, 15) is 9.59 Å². The maximum absolute atomic E-state index is 12.7. The van der Waals surface area contributed by atoms with Crippen LogP contribution in [0.5, 0.6) is 0 Å². The Hall–Kier alpha value is -2.79. The highest BCUT2D eigenvalue weighted by Crippen LogP contribution is 2.28. The number of carbonyl (C=O) groups is 2. The molecule has 0 radical (unpaired) electrons. The van der Waals surface area contributed by atoms with Gasteiger partial charge >= 0.3 is 0 Å². The first-order chi connectivity index (χ1) is 11.6. The van der Waals surface area contributed by atoms with Gasteiger partial charge in [-0.1, -0.05) is 48.5 Å². The summed E-state index contributed by atoms with van der Waals surface area (Å²) in [4.78, 5) is 24.5. The van der Waals surface area contributed by atoms with E-state index in [0.717, 1.165) is 15.7 Å². The predicted octanol–water partition coefficient (Wildman–Crippen LogP) is 3.67. The van der Waals surface area contributed by atoms with Crippen molar-refractivity contribution in [2.24, 2.45) is 5.73 Å². The lowest BCUT2D eigenvalue weighted by atomic mass is 10.0. The molecule has 24 heavy (non-hydrogen) atoms.